The summed E-state index contributed by atoms with van der Waals surface area (Å²) in [5, 5.41) is 47.5. The van der Waals surface area contributed by atoms with Crippen LogP contribution in [0.1, 0.15) is 113 Å². The number of amides is 3. The molecule has 442 valence electrons. The van der Waals surface area contributed by atoms with Gasteiger partial charge in [0.15, 0.2) is 11.3 Å². The van der Waals surface area contributed by atoms with Gasteiger partial charge in [0, 0.05) is 75.4 Å². The lowest BCUT2D eigenvalue weighted by molar-refractivity contribution is -0.0430. The van der Waals surface area contributed by atoms with E-state index in [1.54, 1.807) is 24.3 Å². The standard InChI is InChI=1S/C30H41ClN6O8.C22H34ClN5O7/c31-9-3-1-2-4-11-43-13-14-44-12-10-33-27(40)20-7-5-19(6-8-20)16-34-28(41)21-17-37(24-15-22(39)23(18-38)45-24)26-25(21)29(42)36-30(32)35-26;23-5-3-1-2-4-7-33-9-10-34-8-6-25-20(31)14-12-28(17-11-15(30)16(13-29)35-17)19-18(14)21(32)27-22(24)26-19/h5-8,17,22-24,38-39H,1-4,9-16,18H2,(H,33,40)(H,34,41)(H3,32,35,36,42);12,15-17,29-30H,1-11,13H2,(H,25,31)(H3,24,26,27,32)/t22?,23-,24-;15?,16-,17-/m11/s1. The zero-order valence-corrected chi connectivity index (χ0v) is 46.1. The highest BCUT2D eigenvalue weighted by molar-refractivity contribution is 6.18. The van der Waals surface area contributed by atoms with Crippen LogP contribution in [0.25, 0.3) is 22.1 Å². The number of benzene rings is 1. The first-order valence-electron chi connectivity index (χ1n) is 26.8. The van der Waals surface area contributed by atoms with Crippen LogP contribution in [0.2, 0.25) is 0 Å². The Morgan fingerprint density at radius 1 is 0.600 bits per heavy atom. The van der Waals surface area contributed by atoms with Crippen molar-refractivity contribution in [3.8, 4) is 0 Å². The van der Waals surface area contributed by atoms with Crippen molar-refractivity contribution >= 4 is 74.9 Å². The van der Waals surface area contributed by atoms with Gasteiger partial charge >= 0.3 is 0 Å². The number of unbranched alkanes of at least 4 members (excludes halogenated alkanes) is 6. The van der Waals surface area contributed by atoms with Gasteiger partial charge in [0.05, 0.1) is 87.0 Å². The van der Waals surface area contributed by atoms with Crippen LogP contribution < -0.4 is 38.5 Å². The number of carbonyl (C=O) groups is 3. The Labute approximate surface area is 471 Å². The van der Waals surface area contributed by atoms with Crippen LogP contribution in [0.5, 0.6) is 0 Å². The first-order valence-corrected chi connectivity index (χ1v) is 27.9. The number of hydrogen-bond acceptors (Lipinski definition) is 19. The molecule has 2 unspecified atom stereocenters. The molecule has 0 saturated carbocycles. The highest BCUT2D eigenvalue weighted by atomic mass is 35.5. The van der Waals surface area contributed by atoms with Gasteiger partial charge in [-0.1, -0.05) is 37.8 Å². The van der Waals surface area contributed by atoms with Crippen molar-refractivity contribution in [2.24, 2.45) is 0 Å². The molecule has 0 bridgehead atoms. The molecule has 6 heterocycles. The number of nitrogens with two attached hydrogens (primary N) is 2. The van der Waals surface area contributed by atoms with Gasteiger partial charge in [-0.05, 0) is 43.4 Å². The zero-order valence-electron chi connectivity index (χ0n) is 44.6. The monoisotopic (exact) mass is 1160 g/mol. The third-order valence-electron chi connectivity index (χ3n) is 13.1. The number of H-pyrrole nitrogens is 2. The predicted molar refractivity (Wildman–Crippen MR) is 297 cm³/mol. The molecule has 2 saturated heterocycles. The summed E-state index contributed by atoms with van der Waals surface area (Å²) < 4.78 is 36.3. The Morgan fingerprint density at radius 3 is 1.44 bits per heavy atom. The number of halogens is 2. The topological polar surface area (TPSA) is 377 Å². The number of aliphatic hydroxyl groups is 4. The van der Waals surface area contributed by atoms with Crippen LogP contribution in [0, 0.1) is 0 Å². The molecular formula is C52H75Cl2N11O15. The molecule has 2 aliphatic heterocycles. The first kappa shape index (κ1) is 63.4. The SMILES string of the molecule is Nc1nc2c(c(C(=O)NCCOCCOCCCCCCCl)cn2[C@H]2CC(O)[C@@H](CO)O2)c(=O)[nH]1.Nc1nc2c(c(C(=O)NCc3ccc(C(=O)NCCOCCOCCCCCCCl)cc3)cn2[C@H]2CC(O)[C@@H](CO)O2)c(=O)[nH]1. The largest absolute Gasteiger partial charge is 0.394 e. The fourth-order valence-electron chi connectivity index (χ4n) is 8.90. The maximum absolute atomic E-state index is 13.2. The number of carbonyl (C=O) groups excluding carboxylic acids is 3. The number of aromatic amines is 2. The van der Waals surface area contributed by atoms with Crippen molar-refractivity contribution in [3.05, 3.63) is 79.6 Å². The van der Waals surface area contributed by atoms with Crippen molar-refractivity contribution in [2.75, 3.05) is 102 Å². The van der Waals surface area contributed by atoms with Crippen molar-refractivity contribution in [1.82, 2.24) is 45.0 Å². The van der Waals surface area contributed by atoms with Crippen LogP contribution >= 0.6 is 23.2 Å². The molecule has 3 amide bonds. The predicted octanol–water partition coefficient (Wildman–Crippen LogP) is 1.95. The van der Waals surface area contributed by atoms with E-state index in [1.807, 2.05) is 0 Å². The quantitative estimate of drug-likeness (QED) is 0.0211. The van der Waals surface area contributed by atoms with E-state index in [4.69, 9.17) is 63.1 Å². The van der Waals surface area contributed by atoms with Crippen molar-refractivity contribution in [3.63, 3.8) is 0 Å². The summed E-state index contributed by atoms with van der Waals surface area (Å²) in [6.07, 6.45) is 6.76. The molecule has 7 rings (SSSR count). The number of aromatic nitrogens is 6. The molecule has 26 nitrogen and oxygen atoms in total. The minimum atomic E-state index is -0.927. The van der Waals surface area contributed by atoms with Gasteiger partial charge in [-0.15, -0.1) is 23.2 Å². The van der Waals surface area contributed by atoms with E-state index >= 15 is 0 Å². The second kappa shape index (κ2) is 33.2. The van der Waals surface area contributed by atoms with Gasteiger partial charge in [-0.25, -0.2) is 0 Å². The molecule has 0 radical (unpaired) electrons. The van der Waals surface area contributed by atoms with Gasteiger partial charge in [0.2, 0.25) is 11.9 Å². The van der Waals surface area contributed by atoms with E-state index in [2.05, 4.69) is 35.9 Å². The molecule has 28 heteroatoms. The molecular weight excluding hydrogens is 1090 g/mol. The van der Waals surface area contributed by atoms with Gasteiger partial charge in [-0.2, -0.15) is 9.97 Å². The van der Waals surface area contributed by atoms with Gasteiger partial charge in [-0.3, -0.25) is 33.9 Å². The molecule has 1 aromatic carbocycles. The Hall–Kier alpha value is -5.75. The molecule has 13 N–H and O–H groups in total. The fraction of sp³-hybridized carbons (Fsp3) is 0.596. The number of nitrogen functional groups attached to an aromatic ring is 2. The van der Waals surface area contributed by atoms with Crippen molar-refractivity contribution < 1.29 is 63.2 Å². The van der Waals surface area contributed by atoms with Crippen LogP contribution in [0.15, 0.2) is 46.2 Å². The summed E-state index contributed by atoms with van der Waals surface area (Å²) in [6.45, 7) is 3.84. The molecule has 4 aromatic heterocycles. The molecule has 80 heavy (non-hydrogen) atoms. The van der Waals surface area contributed by atoms with Gasteiger partial charge in [0.25, 0.3) is 28.8 Å². The Balaban J connectivity index is 0.000000266. The summed E-state index contributed by atoms with van der Waals surface area (Å²) in [6, 6.07) is 6.75. The summed E-state index contributed by atoms with van der Waals surface area (Å²) in [5.41, 5.74) is 11.9. The summed E-state index contributed by atoms with van der Waals surface area (Å²) in [4.78, 5) is 77.0. The zero-order chi connectivity index (χ0) is 57.4. The van der Waals surface area contributed by atoms with E-state index < -0.39 is 59.8 Å². The Kier molecular flexibility index (Phi) is 26.4. The average molecular weight is 1170 g/mol. The molecule has 6 atom stereocenters. The minimum absolute atomic E-state index is 0.0182. The summed E-state index contributed by atoms with van der Waals surface area (Å²) >= 11 is 11.3. The van der Waals surface area contributed by atoms with E-state index in [-0.39, 0.29) is 96.7 Å². The lowest BCUT2D eigenvalue weighted by Gasteiger charge is -2.14. The number of ether oxygens (including phenoxy) is 6. The van der Waals surface area contributed by atoms with Crippen LogP contribution in [-0.2, 0) is 35.0 Å². The molecule has 2 aliphatic rings. The fourth-order valence-corrected chi connectivity index (χ4v) is 9.28. The van der Waals surface area contributed by atoms with Crippen molar-refractivity contribution in [1.29, 1.82) is 0 Å². The van der Waals surface area contributed by atoms with Crippen LogP contribution in [-0.4, -0.2) is 183 Å². The number of nitrogens with one attached hydrogen (secondary N) is 5. The number of nitrogens with zero attached hydrogens (tertiary/aromatic N) is 4. The lowest BCUT2D eigenvalue weighted by Crippen LogP contribution is -2.28. The first-order chi connectivity index (χ1) is 38.8. The molecule has 2 fully saturated rings. The Bertz CT molecular complexity index is 2850. The highest BCUT2D eigenvalue weighted by Crippen LogP contribution is 2.34. The summed E-state index contributed by atoms with van der Waals surface area (Å²) in [5.74, 6) is -0.133. The van der Waals surface area contributed by atoms with Crippen LogP contribution in [0.4, 0.5) is 11.9 Å². The second-order valence-electron chi connectivity index (χ2n) is 19.0. The van der Waals surface area contributed by atoms with E-state index in [9.17, 15) is 44.4 Å². The maximum Gasteiger partial charge on any atom is 0.262 e. The third-order valence-corrected chi connectivity index (χ3v) is 13.6. The number of hydrogen-bond donors (Lipinski definition) is 11. The van der Waals surface area contributed by atoms with E-state index in [0.29, 0.717) is 70.1 Å². The smallest absolute Gasteiger partial charge is 0.262 e. The molecule has 0 spiro atoms. The average Bonchev–Trinajstić information content (AvgIpc) is 4.27. The number of alkyl halides is 2. The highest BCUT2D eigenvalue weighted by Gasteiger charge is 2.38. The normalized spacial score (nSPS) is 18.9. The number of fused-ring (bicyclic) bond motifs is 2. The molecule has 0 aliphatic carbocycles. The van der Waals surface area contributed by atoms with Gasteiger partial charge in [0.1, 0.15) is 24.7 Å². The number of anilines is 2. The van der Waals surface area contributed by atoms with E-state index in [0.717, 1.165) is 56.9 Å². The minimum Gasteiger partial charge on any atom is -0.394 e. The third kappa shape index (κ3) is 18.4. The molecule has 5 aromatic rings. The van der Waals surface area contributed by atoms with Crippen molar-refractivity contribution in [2.45, 2.75) is 108 Å². The summed E-state index contributed by atoms with van der Waals surface area (Å²) in [7, 11) is 0. The number of rotatable bonds is 33. The lowest BCUT2D eigenvalue weighted by atomic mass is 10.1. The number of aliphatic hydroxyl groups excluding tert-OH is 4. The second-order valence-corrected chi connectivity index (χ2v) is 19.7. The van der Waals surface area contributed by atoms with Gasteiger partial charge < -0.3 is 85.4 Å². The van der Waals surface area contributed by atoms with Crippen LogP contribution in [0.3, 0.4) is 0 Å². The maximum atomic E-state index is 13.2. The van der Waals surface area contributed by atoms with E-state index in [1.165, 1.54) is 21.5 Å². The Morgan fingerprint density at radius 2 is 1.01 bits per heavy atom.